The summed E-state index contributed by atoms with van der Waals surface area (Å²) in [5.41, 5.74) is 3.23. The summed E-state index contributed by atoms with van der Waals surface area (Å²) in [5.74, 6) is 0. The lowest BCUT2D eigenvalue weighted by Gasteiger charge is -2.02. The number of rotatable bonds is 4. The van der Waals surface area contributed by atoms with E-state index < -0.39 is 9.05 Å². The maximum absolute atomic E-state index is 10.8. The van der Waals surface area contributed by atoms with Gasteiger partial charge in [0.15, 0.2) is 0 Å². The lowest BCUT2D eigenvalue weighted by molar-refractivity contribution is 0.617. The van der Waals surface area contributed by atoms with Gasteiger partial charge in [0.2, 0.25) is 0 Å². The van der Waals surface area contributed by atoms with Crippen LogP contribution in [0.2, 0.25) is 0 Å². The summed E-state index contributed by atoms with van der Waals surface area (Å²) in [7, 11) is 1.52. The van der Waals surface area contributed by atoms with Crippen molar-refractivity contribution >= 4 is 25.8 Å². The smallest absolute Gasteiger partial charge is 0.208 e. The molecule has 19 heavy (non-hydrogen) atoms. The third-order valence-electron chi connectivity index (χ3n) is 2.65. The molecule has 4 heteroatoms. The van der Waals surface area contributed by atoms with Gasteiger partial charge in [-0.2, -0.15) is 0 Å². The van der Waals surface area contributed by atoms with Crippen LogP contribution in [0.25, 0.3) is 6.08 Å². The van der Waals surface area contributed by atoms with Gasteiger partial charge >= 0.3 is 0 Å². The molecule has 0 radical (unpaired) electrons. The zero-order chi connectivity index (χ0) is 13.7. The Morgan fingerprint density at radius 2 is 1.47 bits per heavy atom. The first-order valence-electron chi connectivity index (χ1n) is 5.78. The Bertz CT molecular complexity index is 659. The highest BCUT2D eigenvalue weighted by molar-refractivity contribution is 8.16. The van der Waals surface area contributed by atoms with Crippen LogP contribution in [0.1, 0.15) is 16.7 Å². The molecule has 0 heterocycles. The molecule has 0 unspecified atom stereocenters. The average Bonchev–Trinajstić information content (AvgIpc) is 2.38. The minimum absolute atomic E-state index is 0.807. The molecule has 0 aromatic heterocycles. The van der Waals surface area contributed by atoms with Crippen LogP contribution in [0, 0.1) is 0 Å². The molecule has 0 aliphatic rings. The van der Waals surface area contributed by atoms with Crippen molar-refractivity contribution in [2.75, 3.05) is 0 Å². The van der Waals surface area contributed by atoms with E-state index in [1.807, 2.05) is 42.5 Å². The van der Waals surface area contributed by atoms with E-state index in [2.05, 4.69) is 12.1 Å². The molecule has 2 nitrogen and oxygen atoms in total. The summed E-state index contributed by atoms with van der Waals surface area (Å²) in [6.45, 7) is 0. The van der Waals surface area contributed by atoms with Crippen LogP contribution in [0.3, 0.4) is 0 Å². The number of hydrogen-bond acceptors (Lipinski definition) is 2. The number of benzene rings is 2. The second-order valence-electron chi connectivity index (χ2n) is 4.18. The lowest BCUT2D eigenvalue weighted by atomic mass is 10.0. The van der Waals surface area contributed by atoms with Crippen molar-refractivity contribution in [1.29, 1.82) is 0 Å². The SMILES string of the molecule is O=S(=O)(Cl)/C=C/c1ccc(Cc2ccccc2)cc1. The van der Waals surface area contributed by atoms with E-state index in [1.54, 1.807) is 0 Å². The predicted molar refractivity (Wildman–Crippen MR) is 79.5 cm³/mol. The van der Waals surface area contributed by atoms with Gasteiger partial charge in [-0.05, 0) is 29.2 Å². The maximum Gasteiger partial charge on any atom is 0.254 e. The van der Waals surface area contributed by atoms with E-state index in [-0.39, 0.29) is 0 Å². The average molecular weight is 293 g/mol. The summed E-state index contributed by atoms with van der Waals surface area (Å²) in [4.78, 5) is 0. The predicted octanol–water partition coefficient (Wildman–Crippen LogP) is 3.82. The Hall–Kier alpha value is -1.58. The van der Waals surface area contributed by atoms with Gasteiger partial charge in [-0.15, -0.1) is 0 Å². The molecule has 0 amide bonds. The summed E-state index contributed by atoms with van der Waals surface area (Å²) < 4.78 is 21.6. The monoisotopic (exact) mass is 292 g/mol. The molecule has 0 aliphatic heterocycles. The molecule has 0 atom stereocenters. The second kappa shape index (κ2) is 6.04. The van der Waals surface area contributed by atoms with E-state index in [4.69, 9.17) is 10.7 Å². The molecular formula is C15H13ClO2S. The summed E-state index contributed by atoms with van der Waals surface area (Å²) in [6.07, 6.45) is 2.34. The van der Waals surface area contributed by atoms with Gasteiger partial charge in [-0.3, -0.25) is 0 Å². The first-order valence-corrected chi connectivity index (χ1v) is 8.16. The molecule has 2 aromatic carbocycles. The normalized spacial score (nSPS) is 11.8. The van der Waals surface area contributed by atoms with Crippen LogP contribution in [-0.4, -0.2) is 8.42 Å². The van der Waals surface area contributed by atoms with Gasteiger partial charge < -0.3 is 0 Å². The van der Waals surface area contributed by atoms with Gasteiger partial charge in [-0.25, -0.2) is 8.42 Å². The minimum Gasteiger partial charge on any atom is -0.208 e. The Balaban J connectivity index is 2.09. The van der Waals surface area contributed by atoms with Crippen molar-refractivity contribution in [2.24, 2.45) is 0 Å². The third kappa shape index (κ3) is 4.89. The molecule has 0 aliphatic carbocycles. The van der Waals surface area contributed by atoms with Gasteiger partial charge in [0.25, 0.3) is 9.05 Å². The summed E-state index contributed by atoms with van der Waals surface area (Å²) in [5, 5.41) is 0.987. The van der Waals surface area contributed by atoms with Gasteiger partial charge in [0, 0.05) is 16.1 Å². The fourth-order valence-corrected chi connectivity index (χ4v) is 2.21. The summed E-state index contributed by atoms with van der Waals surface area (Å²) in [6, 6.07) is 17.9. The van der Waals surface area contributed by atoms with Crippen LogP contribution in [0.15, 0.2) is 60.0 Å². The minimum atomic E-state index is -3.59. The fourth-order valence-electron chi connectivity index (χ4n) is 1.74. The number of halogens is 1. The molecule has 0 spiro atoms. The standard InChI is InChI=1S/C15H13ClO2S/c16-19(17,18)11-10-13-6-8-15(9-7-13)12-14-4-2-1-3-5-14/h1-11H,12H2/b11-10+. The van der Waals surface area contributed by atoms with Crippen LogP contribution in [-0.2, 0) is 15.5 Å². The quantitative estimate of drug-likeness (QED) is 0.803. The highest BCUT2D eigenvalue weighted by atomic mass is 35.7. The third-order valence-corrected chi connectivity index (χ3v) is 3.42. The van der Waals surface area contributed by atoms with Gasteiger partial charge in [0.05, 0.1) is 0 Å². The van der Waals surface area contributed by atoms with E-state index >= 15 is 0 Å². The molecule has 2 rings (SSSR count). The van der Waals surface area contributed by atoms with Crippen molar-refractivity contribution in [3.05, 3.63) is 76.7 Å². The second-order valence-corrected chi connectivity index (χ2v) is 6.70. The van der Waals surface area contributed by atoms with Crippen molar-refractivity contribution in [1.82, 2.24) is 0 Å². The molecule has 0 N–H and O–H groups in total. The number of hydrogen-bond donors (Lipinski definition) is 0. The van der Waals surface area contributed by atoms with Crippen LogP contribution < -0.4 is 0 Å². The van der Waals surface area contributed by atoms with Gasteiger partial charge in [-0.1, -0.05) is 54.6 Å². The molecule has 98 valence electrons. The van der Waals surface area contributed by atoms with E-state index in [0.29, 0.717) is 0 Å². The first kappa shape index (κ1) is 13.8. The molecule has 0 saturated carbocycles. The Morgan fingerprint density at radius 1 is 0.895 bits per heavy atom. The van der Waals surface area contributed by atoms with Gasteiger partial charge in [0.1, 0.15) is 0 Å². The zero-order valence-corrected chi connectivity index (χ0v) is 11.7. The maximum atomic E-state index is 10.8. The van der Waals surface area contributed by atoms with E-state index in [9.17, 15) is 8.42 Å². The van der Waals surface area contributed by atoms with Crippen molar-refractivity contribution in [3.63, 3.8) is 0 Å². The lowest BCUT2D eigenvalue weighted by Crippen LogP contribution is -1.87. The topological polar surface area (TPSA) is 34.1 Å². The van der Waals surface area contributed by atoms with Crippen LogP contribution >= 0.6 is 10.7 Å². The zero-order valence-electron chi connectivity index (χ0n) is 10.2. The molecule has 0 saturated heterocycles. The van der Waals surface area contributed by atoms with Crippen LogP contribution in [0.4, 0.5) is 0 Å². The molecular weight excluding hydrogens is 280 g/mol. The summed E-state index contributed by atoms with van der Waals surface area (Å²) >= 11 is 0. The fraction of sp³-hybridized carbons (Fsp3) is 0.0667. The van der Waals surface area contributed by atoms with E-state index in [0.717, 1.165) is 17.4 Å². The molecule has 2 aromatic rings. The molecule has 0 fully saturated rings. The highest BCUT2D eigenvalue weighted by Crippen LogP contribution is 2.12. The van der Waals surface area contributed by atoms with E-state index in [1.165, 1.54) is 17.2 Å². The Labute approximate surface area is 117 Å². The Kier molecular flexibility index (Phi) is 4.40. The Morgan fingerprint density at radius 3 is 2.05 bits per heavy atom. The van der Waals surface area contributed by atoms with Crippen LogP contribution in [0.5, 0.6) is 0 Å². The first-order chi connectivity index (χ1) is 9.03. The molecule has 0 bridgehead atoms. The van der Waals surface area contributed by atoms with Crippen molar-refractivity contribution in [3.8, 4) is 0 Å². The largest absolute Gasteiger partial charge is 0.254 e. The highest BCUT2D eigenvalue weighted by Gasteiger charge is 1.98. The van der Waals surface area contributed by atoms with Crippen molar-refractivity contribution in [2.45, 2.75) is 6.42 Å². The van der Waals surface area contributed by atoms with Crippen molar-refractivity contribution < 1.29 is 8.42 Å².